The molecule has 0 bridgehead atoms. The Balaban J connectivity index is -0.000000106. The van der Waals surface area contributed by atoms with Crippen LogP contribution in [0.25, 0.3) is 0 Å². The minimum Gasteiger partial charge on any atom is 0 e. The van der Waals surface area contributed by atoms with E-state index in [1.54, 1.807) is 0 Å². The number of hydrogen-bond donors (Lipinski definition) is 1. The minimum absolute atomic E-state index is 0. The second-order valence-electron chi connectivity index (χ2n) is 4.42. The molecule has 3 rings (SSSR count). The van der Waals surface area contributed by atoms with Crippen molar-refractivity contribution in [2.24, 2.45) is 0 Å². The largest absolute Gasteiger partial charge is 0 e. The molecular formula is C23H14MnO7Re. The molecule has 1 N–H and O–H groups in total. The number of rotatable bonds is 3. The normalized spacial score (nSPS) is 13.2. The van der Waals surface area contributed by atoms with Crippen LogP contribution >= 0.6 is 0 Å². The summed E-state index contributed by atoms with van der Waals surface area (Å²) < 4.78 is 45.0. The Morgan fingerprint density at radius 2 is 0.781 bits per heavy atom. The molecule has 1 aromatic carbocycles. The summed E-state index contributed by atoms with van der Waals surface area (Å²) in [7, 11) is 0. The summed E-state index contributed by atoms with van der Waals surface area (Å²) in [5.74, 6) is 1.81. The molecule has 0 spiro atoms. The number of hydrogen-bond acceptors (Lipinski definition) is 1. The summed E-state index contributed by atoms with van der Waals surface area (Å²) in [6.45, 7) is 27.0. The van der Waals surface area contributed by atoms with E-state index in [-0.39, 0.29) is 37.5 Å². The molecule has 2 saturated carbocycles. The first-order valence-corrected chi connectivity index (χ1v) is 7.26. The first-order valence-electron chi connectivity index (χ1n) is 7.26. The minimum atomic E-state index is -1.06. The SMILES string of the molecule is OC([C]1[CH][CH][CH][CH]1)([C]1[CH][CH][CH][CH]1)c1ccccc1.[C-]#[O+].[C-]#[O+].[C-]#[O+].[C-]#[O+].[C-]#[O+].[C-]#[O+].[Mn].[Re]. The van der Waals surface area contributed by atoms with Crippen molar-refractivity contribution in [3.8, 4) is 0 Å². The van der Waals surface area contributed by atoms with Gasteiger partial charge in [0.05, 0.1) is 0 Å². The molecule has 2 aliphatic carbocycles. The van der Waals surface area contributed by atoms with E-state index in [0.717, 1.165) is 17.4 Å². The van der Waals surface area contributed by atoms with Crippen molar-refractivity contribution in [3.05, 3.63) is 139 Å². The molecule has 0 unspecified atom stereocenters. The van der Waals surface area contributed by atoms with Crippen LogP contribution in [-0.4, -0.2) is 5.11 Å². The second kappa shape index (κ2) is 34.4. The maximum Gasteiger partial charge on any atom is 0 e. The summed E-state index contributed by atoms with van der Waals surface area (Å²) in [6.07, 6.45) is 15.6. The average Bonchev–Trinajstić information content (AvgIpc) is 3.62. The summed E-state index contributed by atoms with van der Waals surface area (Å²) in [6, 6.07) is 9.78. The van der Waals surface area contributed by atoms with Gasteiger partial charge in [-0.1, -0.05) is 30.3 Å². The maximum atomic E-state index is 11.2. The van der Waals surface area contributed by atoms with Crippen molar-refractivity contribution >= 4 is 0 Å². The monoisotopic (exact) mass is 644 g/mol. The van der Waals surface area contributed by atoms with E-state index in [9.17, 15) is 5.11 Å². The van der Waals surface area contributed by atoms with Crippen LogP contribution in [0.15, 0.2) is 30.3 Å². The third kappa shape index (κ3) is 14.8. The van der Waals surface area contributed by atoms with E-state index in [4.69, 9.17) is 27.9 Å². The Morgan fingerprint density at radius 3 is 1.03 bits per heavy atom. The van der Waals surface area contributed by atoms with Crippen molar-refractivity contribution in [1.29, 1.82) is 0 Å². The van der Waals surface area contributed by atoms with Crippen molar-refractivity contribution < 1.29 is 70.5 Å². The van der Waals surface area contributed by atoms with Gasteiger partial charge in [0.25, 0.3) is 0 Å². The summed E-state index contributed by atoms with van der Waals surface area (Å²) in [4.78, 5) is 0. The van der Waals surface area contributed by atoms with Crippen LogP contribution in [0, 0.1) is 103 Å². The van der Waals surface area contributed by atoms with Gasteiger partial charge < -0.3 is 5.11 Å². The molecule has 1 aromatic rings. The molecule has 162 valence electrons. The van der Waals surface area contributed by atoms with Gasteiger partial charge in [0.2, 0.25) is 0 Å². The van der Waals surface area contributed by atoms with E-state index < -0.39 is 5.60 Å². The summed E-state index contributed by atoms with van der Waals surface area (Å²) >= 11 is 0. The molecule has 12 radical (unpaired) electrons. The van der Waals surface area contributed by atoms with Gasteiger partial charge in [0.15, 0.2) is 0 Å². The topological polar surface area (TPSA) is 140 Å². The quantitative estimate of drug-likeness (QED) is 0.302. The average molecular weight is 644 g/mol. The van der Waals surface area contributed by atoms with E-state index >= 15 is 0 Å². The van der Waals surface area contributed by atoms with E-state index in [1.807, 2.05) is 81.7 Å². The van der Waals surface area contributed by atoms with Crippen LogP contribution in [0.2, 0.25) is 0 Å². The zero-order chi connectivity index (χ0) is 24.4. The van der Waals surface area contributed by atoms with Gasteiger partial charge in [-0.25, -0.2) is 0 Å². The maximum absolute atomic E-state index is 11.2. The Kier molecular flexibility index (Phi) is 47.8. The van der Waals surface area contributed by atoms with Crippen LogP contribution in [0.5, 0.6) is 0 Å². The predicted molar refractivity (Wildman–Crippen MR) is 94.8 cm³/mol. The first-order chi connectivity index (χ1) is 14.8. The van der Waals surface area contributed by atoms with Crippen LogP contribution < -0.4 is 0 Å². The molecule has 0 amide bonds. The molecule has 0 heterocycles. The second-order valence-corrected chi connectivity index (χ2v) is 4.42. The van der Waals surface area contributed by atoms with Gasteiger partial charge in [0.1, 0.15) is 5.60 Å². The van der Waals surface area contributed by atoms with Crippen molar-refractivity contribution in [2.45, 2.75) is 5.60 Å². The molecule has 0 atom stereocenters. The zero-order valence-electron chi connectivity index (χ0n) is 16.2. The Hall–Kier alpha value is -1.20. The molecule has 0 aliphatic heterocycles. The third-order valence-corrected chi connectivity index (χ3v) is 3.35. The fourth-order valence-electron chi connectivity index (χ4n) is 2.41. The van der Waals surface area contributed by atoms with Gasteiger partial charge in [-0.2, -0.15) is 0 Å². The van der Waals surface area contributed by atoms with Gasteiger partial charge in [-0.05, 0) is 56.9 Å². The van der Waals surface area contributed by atoms with Crippen LogP contribution in [0.4, 0.5) is 0 Å². The van der Waals surface area contributed by atoms with Crippen molar-refractivity contribution in [1.82, 2.24) is 0 Å². The Bertz CT molecular complexity index is 564. The number of aliphatic hydroxyl groups is 1. The molecule has 0 aromatic heterocycles. The standard InChI is InChI=1S/C17H14O.6CO.Mn.Re/c18-17(15-10-4-5-11-15,16-12-6-7-13-16)14-8-2-1-3-9-14;6*1-2;;/h1-13,18H;;;;;;;;. The zero-order valence-corrected chi connectivity index (χ0v) is 20.1. The van der Waals surface area contributed by atoms with Gasteiger partial charge in [-0.15, -0.1) is 0 Å². The molecular weight excluding hydrogens is 629 g/mol. The van der Waals surface area contributed by atoms with Crippen molar-refractivity contribution in [3.63, 3.8) is 0 Å². The van der Waals surface area contributed by atoms with Crippen LogP contribution in [-0.2, 0) is 71.0 Å². The van der Waals surface area contributed by atoms with Crippen LogP contribution in [0.3, 0.4) is 0 Å². The van der Waals surface area contributed by atoms with Gasteiger partial charge in [-0.3, -0.25) is 0 Å². The fourth-order valence-corrected chi connectivity index (χ4v) is 2.41. The molecule has 32 heavy (non-hydrogen) atoms. The summed E-state index contributed by atoms with van der Waals surface area (Å²) in [5.41, 5.74) is -0.170. The van der Waals surface area contributed by atoms with Crippen LogP contribution in [0.1, 0.15) is 5.56 Å². The molecule has 2 fully saturated rings. The first kappa shape index (κ1) is 44.5. The summed E-state index contributed by atoms with van der Waals surface area (Å²) in [5, 5.41) is 11.2. The molecule has 7 nitrogen and oxygen atoms in total. The number of benzene rings is 1. The van der Waals surface area contributed by atoms with E-state index in [0.29, 0.717) is 0 Å². The van der Waals surface area contributed by atoms with Gasteiger partial charge >= 0.3 is 67.8 Å². The third-order valence-electron chi connectivity index (χ3n) is 3.35. The smallest absolute Gasteiger partial charge is 0 e. The molecule has 2 aliphatic rings. The molecule has 9 heteroatoms. The fraction of sp³-hybridized carbons (Fsp3) is 0.0435. The van der Waals surface area contributed by atoms with E-state index in [2.05, 4.69) is 39.9 Å². The van der Waals surface area contributed by atoms with E-state index in [1.165, 1.54) is 0 Å². The Labute approximate surface area is 214 Å². The van der Waals surface area contributed by atoms with Crippen molar-refractivity contribution in [2.75, 3.05) is 0 Å². The molecule has 0 saturated heterocycles. The van der Waals surface area contributed by atoms with Gasteiger partial charge in [0, 0.05) is 49.3 Å². The predicted octanol–water partition coefficient (Wildman–Crippen LogP) is 2.45. The Morgan fingerprint density at radius 1 is 0.531 bits per heavy atom.